The van der Waals surface area contributed by atoms with Crippen LogP contribution < -0.4 is 0 Å². The molecule has 0 atom stereocenters. The average molecular weight is 645 g/mol. The molecule has 0 unspecified atom stereocenters. The summed E-state index contributed by atoms with van der Waals surface area (Å²) >= 11 is 0. The van der Waals surface area contributed by atoms with Crippen molar-refractivity contribution in [2.75, 3.05) is 0 Å². The second-order valence-electron chi connectivity index (χ2n) is 14.2. The second-order valence-corrected chi connectivity index (χ2v) is 14.2. The van der Waals surface area contributed by atoms with Crippen molar-refractivity contribution in [1.29, 1.82) is 0 Å². The summed E-state index contributed by atoms with van der Waals surface area (Å²) in [7, 11) is 0. The van der Waals surface area contributed by atoms with Crippen LogP contribution in [0.1, 0.15) is 105 Å². The fourth-order valence-electron chi connectivity index (χ4n) is 7.04. The van der Waals surface area contributed by atoms with Gasteiger partial charge in [0.05, 0.1) is 0 Å². The molecule has 2 aliphatic rings. The summed E-state index contributed by atoms with van der Waals surface area (Å²) in [4.78, 5) is 4.94. The van der Waals surface area contributed by atoms with Gasteiger partial charge >= 0.3 is 0 Å². The summed E-state index contributed by atoms with van der Waals surface area (Å²) in [6.45, 7) is 28.9. The van der Waals surface area contributed by atoms with Gasteiger partial charge in [-0.1, -0.05) is 95.2 Å². The van der Waals surface area contributed by atoms with E-state index in [9.17, 15) is 0 Å². The first-order valence-corrected chi connectivity index (χ1v) is 12.9. The van der Waals surface area contributed by atoms with Gasteiger partial charge in [0.15, 0.2) is 0 Å². The predicted molar refractivity (Wildman–Crippen MR) is 146 cm³/mol. The Morgan fingerprint density at radius 1 is 0.600 bits per heavy atom. The van der Waals surface area contributed by atoms with Crippen LogP contribution in [0.2, 0.25) is 0 Å². The van der Waals surface area contributed by atoms with Gasteiger partial charge in [-0.05, 0) is 66.1 Å². The fourth-order valence-corrected chi connectivity index (χ4v) is 7.04. The van der Waals surface area contributed by atoms with Crippen LogP contribution in [0.5, 0.6) is 0 Å². The van der Waals surface area contributed by atoms with Crippen molar-refractivity contribution in [2.24, 2.45) is 10.8 Å². The number of aromatic nitrogens is 1. The Hall–Kier alpha value is -1.50. The van der Waals surface area contributed by atoms with E-state index < -0.39 is 0 Å². The van der Waals surface area contributed by atoms with Crippen molar-refractivity contribution in [3.63, 3.8) is 0 Å². The second kappa shape index (κ2) is 7.29. The average Bonchev–Trinajstić information content (AvgIpc) is 2.92. The maximum absolute atomic E-state index is 4.94. The molecule has 0 saturated heterocycles. The molecule has 1 heterocycles. The van der Waals surface area contributed by atoms with Crippen molar-refractivity contribution in [1.82, 2.24) is 4.98 Å². The van der Waals surface area contributed by atoms with Crippen LogP contribution in [-0.2, 0) is 41.8 Å². The van der Waals surface area contributed by atoms with Crippen molar-refractivity contribution in [3.8, 4) is 11.3 Å². The normalized spacial score (nSPS) is 23.4. The van der Waals surface area contributed by atoms with Gasteiger partial charge in [0.1, 0.15) is 0 Å². The third-order valence-electron chi connectivity index (χ3n) is 12.1. The Kier molecular flexibility index (Phi) is 5.53. The molecular formula is C33H42IrN-. The Balaban J connectivity index is 0.00000289. The van der Waals surface area contributed by atoms with Crippen LogP contribution >= 0.6 is 0 Å². The molecule has 3 aromatic rings. The molecule has 2 heteroatoms. The number of pyridine rings is 1. The molecule has 0 fully saturated rings. The van der Waals surface area contributed by atoms with Gasteiger partial charge in [-0.15, -0.1) is 34.9 Å². The van der Waals surface area contributed by atoms with Crippen LogP contribution in [0.15, 0.2) is 36.5 Å². The molecule has 189 valence electrons. The molecule has 1 nitrogen and oxygen atoms in total. The van der Waals surface area contributed by atoms with Gasteiger partial charge in [-0.3, -0.25) is 0 Å². The summed E-state index contributed by atoms with van der Waals surface area (Å²) in [5.74, 6) is 0. The zero-order valence-corrected chi connectivity index (χ0v) is 26.1. The SMILES string of the molecule is CC1(C)c2c[c-]c(-c3nccc4cc5c(cc34)C(C)(C)C(C)(C)C5(C)C)cc2C(C)(C)C1(C)C.[Ir]. The van der Waals surface area contributed by atoms with Gasteiger partial charge in [0.25, 0.3) is 0 Å². The van der Waals surface area contributed by atoms with Crippen molar-refractivity contribution in [3.05, 3.63) is 64.8 Å². The van der Waals surface area contributed by atoms with E-state index in [2.05, 4.69) is 119 Å². The summed E-state index contributed by atoms with van der Waals surface area (Å²) in [6, 6.07) is 15.4. The van der Waals surface area contributed by atoms with E-state index in [1.54, 1.807) is 0 Å². The van der Waals surface area contributed by atoms with E-state index >= 15 is 0 Å². The number of benzene rings is 2. The van der Waals surface area contributed by atoms with E-state index in [0.29, 0.717) is 0 Å². The van der Waals surface area contributed by atoms with Crippen LogP contribution in [-0.4, -0.2) is 4.98 Å². The van der Waals surface area contributed by atoms with Gasteiger partial charge < -0.3 is 4.98 Å². The maximum Gasteiger partial charge on any atom is 0.0167 e. The van der Waals surface area contributed by atoms with Crippen LogP contribution in [0.3, 0.4) is 0 Å². The Morgan fingerprint density at radius 3 is 1.60 bits per heavy atom. The molecule has 1 aromatic heterocycles. The number of hydrogen-bond donors (Lipinski definition) is 0. The standard InChI is InChI=1S/C33H42N.Ir/c1-28(2)23-14-13-21(18-24(23)29(3,4)32(28,9)10)27-22-19-26-25(17-20(22)15-16-34-27)30(5,6)33(11,12)31(26,7)8;/h14-19H,1-12H3;/q-1;. The summed E-state index contributed by atoms with van der Waals surface area (Å²) in [5, 5.41) is 2.52. The first-order chi connectivity index (χ1) is 15.4. The molecule has 0 N–H and O–H groups in total. The molecule has 0 spiro atoms. The Labute approximate surface area is 226 Å². The molecule has 0 aliphatic heterocycles. The number of nitrogens with zero attached hydrogens (tertiary/aromatic N) is 1. The van der Waals surface area contributed by atoms with Gasteiger partial charge in [-0.25, -0.2) is 0 Å². The number of rotatable bonds is 1. The van der Waals surface area contributed by atoms with Crippen molar-refractivity contribution >= 4 is 10.8 Å². The van der Waals surface area contributed by atoms with E-state index in [0.717, 1.165) is 11.3 Å². The fraction of sp³-hybridized carbons (Fsp3) is 0.545. The molecule has 5 rings (SSSR count). The number of hydrogen-bond acceptors (Lipinski definition) is 1. The summed E-state index contributed by atoms with van der Waals surface area (Å²) in [6.07, 6.45) is 1.97. The molecule has 35 heavy (non-hydrogen) atoms. The molecule has 0 bridgehead atoms. The van der Waals surface area contributed by atoms with Gasteiger partial charge in [0, 0.05) is 26.3 Å². The van der Waals surface area contributed by atoms with Crippen LogP contribution in [0.4, 0.5) is 0 Å². The smallest absolute Gasteiger partial charge is 0.0167 e. The zero-order valence-electron chi connectivity index (χ0n) is 23.7. The third kappa shape index (κ3) is 2.93. The summed E-state index contributed by atoms with van der Waals surface area (Å²) < 4.78 is 0. The quantitative estimate of drug-likeness (QED) is 0.241. The Bertz CT molecular complexity index is 1350. The molecule has 0 saturated carbocycles. The van der Waals surface area contributed by atoms with Crippen LogP contribution in [0.25, 0.3) is 22.0 Å². The zero-order chi connectivity index (χ0) is 25.3. The predicted octanol–water partition coefficient (Wildman–Crippen LogP) is 8.89. The molecule has 0 amide bonds. The minimum absolute atomic E-state index is 0. The van der Waals surface area contributed by atoms with Crippen molar-refractivity contribution in [2.45, 2.75) is 105 Å². The minimum Gasteiger partial charge on any atom is -0.304 e. The number of fused-ring (bicyclic) bond motifs is 3. The van der Waals surface area contributed by atoms with Gasteiger partial charge in [-0.2, -0.15) is 0 Å². The van der Waals surface area contributed by atoms with E-state index in [-0.39, 0.29) is 52.6 Å². The van der Waals surface area contributed by atoms with Gasteiger partial charge in [0.2, 0.25) is 0 Å². The topological polar surface area (TPSA) is 12.9 Å². The third-order valence-corrected chi connectivity index (χ3v) is 12.1. The van der Waals surface area contributed by atoms with Crippen molar-refractivity contribution < 1.29 is 20.1 Å². The molecule has 2 aliphatic carbocycles. The van der Waals surface area contributed by atoms with E-state index in [1.165, 1.54) is 33.0 Å². The Morgan fingerprint density at radius 2 is 1.06 bits per heavy atom. The first-order valence-electron chi connectivity index (χ1n) is 12.9. The van der Waals surface area contributed by atoms with E-state index in [1.807, 2.05) is 6.20 Å². The largest absolute Gasteiger partial charge is 0.304 e. The monoisotopic (exact) mass is 645 g/mol. The van der Waals surface area contributed by atoms with E-state index in [4.69, 9.17) is 4.98 Å². The molecule has 1 radical (unpaired) electrons. The molecular weight excluding hydrogens is 603 g/mol. The van der Waals surface area contributed by atoms with Crippen LogP contribution in [0, 0.1) is 16.9 Å². The summed E-state index contributed by atoms with van der Waals surface area (Å²) in [5.41, 5.74) is 8.61. The molecule has 2 aromatic carbocycles. The first kappa shape index (κ1) is 26.6. The minimum atomic E-state index is 0. The maximum atomic E-state index is 4.94.